The van der Waals surface area contributed by atoms with Gasteiger partial charge in [-0.3, -0.25) is 9.78 Å². The van der Waals surface area contributed by atoms with Crippen LogP contribution in [0.15, 0.2) is 12.4 Å². The second-order valence-electron chi connectivity index (χ2n) is 6.80. The second-order valence-corrected chi connectivity index (χ2v) is 6.80. The van der Waals surface area contributed by atoms with Gasteiger partial charge in [-0.15, -0.1) is 0 Å². The number of nitrogens with one attached hydrogen (secondary N) is 1. The largest absolute Gasteiger partial charge is 0.381 e. The van der Waals surface area contributed by atoms with Gasteiger partial charge in [-0.25, -0.2) is 9.97 Å². The highest BCUT2D eigenvalue weighted by atomic mass is 16.5. The molecule has 0 unspecified atom stereocenters. The van der Waals surface area contributed by atoms with Crippen molar-refractivity contribution in [2.45, 2.75) is 53.1 Å². The molecule has 3 heterocycles. The van der Waals surface area contributed by atoms with Gasteiger partial charge in [0.15, 0.2) is 0 Å². The molecule has 1 N–H and O–H groups in total. The monoisotopic (exact) mass is 357 g/mol. The maximum absolute atomic E-state index is 13.0. The van der Waals surface area contributed by atoms with Crippen molar-refractivity contribution in [3.63, 3.8) is 0 Å². The van der Waals surface area contributed by atoms with Crippen molar-refractivity contribution in [1.29, 1.82) is 0 Å². The summed E-state index contributed by atoms with van der Waals surface area (Å²) in [5.74, 6) is 0.989. The Bertz CT molecular complexity index is 780. The zero-order valence-corrected chi connectivity index (χ0v) is 16.0. The van der Waals surface area contributed by atoms with Crippen molar-refractivity contribution in [1.82, 2.24) is 24.8 Å². The Morgan fingerprint density at radius 1 is 1.23 bits per heavy atom. The highest BCUT2D eigenvalue weighted by molar-refractivity contribution is 5.93. The van der Waals surface area contributed by atoms with Gasteiger partial charge in [0.1, 0.15) is 11.5 Å². The average molecular weight is 357 g/mol. The van der Waals surface area contributed by atoms with Gasteiger partial charge in [-0.05, 0) is 46.5 Å². The first-order valence-electron chi connectivity index (χ1n) is 9.22. The number of carbonyl (C=O) groups is 1. The van der Waals surface area contributed by atoms with E-state index in [-0.39, 0.29) is 11.9 Å². The van der Waals surface area contributed by atoms with Crippen LogP contribution in [0, 0.1) is 26.7 Å². The third kappa shape index (κ3) is 3.77. The topological polar surface area (TPSA) is 81.9 Å². The third-order valence-corrected chi connectivity index (χ3v) is 5.09. The maximum atomic E-state index is 13.0. The molecule has 0 aliphatic carbocycles. The van der Waals surface area contributed by atoms with Gasteiger partial charge >= 0.3 is 0 Å². The molecule has 2 aromatic heterocycles. The van der Waals surface area contributed by atoms with Crippen LogP contribution in [0.25, 0.3) is 0 Å². The number of aromatic nitrogens is 4. The summed E-state index contributed by atoms with van der Waals surface area (Å²) < 4.78 is 7.58. The first kappa shape index (κ1) is 18.5. The summed E-state index contributed by atoms with van der Waals surface area (Å²) in [6, 6.07) is -0.163. The summed E-state index contributed by atoms with van der Waals surface area (Å²) in [5, 5.41) is 3.19. The number of hydrogen-bond acceptors (Lipinski definition) is 5. The summed E-state index contributed by atoms with van der Waals surface area (Å²) in [5.41, 5.74) is 2.66. The molecular formula is C19H27N5O2. The number of carbonyl (C=O) groups excluding carboxylic acids is 1. The average Bonchev–Trinajstić information content (AvgIpc) is 3.11. The SMILES string of the molecule is CCn1ccnc1[C@H](NC(=O)c1nc(C)c(C)nc1C)C1CCOCC1. The van der Waals surface area contributed by atoms with Crippen LogP contribution in [-0.2, 0) is 11.3 Å². The van der Waals surface area contributed by atoms with Gasteiger partial charge in [-0.1, -0.05) is 0 Å². The summed E-state index contributed by atoms with van der Waals surface area (Å²) in [6.45, 7) is 9.92. The number of amides is 1. The van der Waals surface area contributed by atoms with E-state index in [1.54, 1.807) is 6.20 Å². The van der Waals surface area contributed by atoms with Crippen molar-refractivity contribution in [2.24, 2.45) is 5.92 Å². The number of rotatable bonds is 5. The summed E-state index contributed by atoms with van der Waals surface area (Å²) in [7, 11) is 0. The van der Waals surface area contributed by atoms with Crippen LogP contribution in [0.5, 0.6) is 0 Å². The van der Waals surface area contributed by atoms with E-state index in [2.05, 4.69) is 31.8 Å². The van der Waals surface area contributed by atoms with E-state index in [1.807, 2.05) is 27.0 Å². The van der Waals surface area contributed by atoms with Crippen LogP contribution in [0.3, 0.4) is 0 Å². The van der Waals surface area contributed by atoms with Gasteiger partial charge in [0.2, 0.25) is 0 Å². The molecular weight excluding hydrogens is 330 g/mol. The normalized spacial score (nSPS) is 16.5. The molecule has 0 aromatic carbocycles. The summed E-state index contributed by atoms with van der Waals surface area (Å²) in [4.78, 5) is 26.4. The van der Waals surface area contributed by atoms with E-state index >= 15 is 0 Å². The predicted octanol–water partition coefficient (Wildman–Crippen LogP) is 2.52. The lowest BCUT2D eigenvalue weighted by molar-refractivity contribution is 0.0497. The van der Waals surface area contributed by atoms with E-state index in [0.717, 1.165) is 36.6 Å². The van der Waals surface area contributed by atoms with Gasteiger partial charge in [0.05, 0.1) is 23.1 Å². The molecule has 0 saturated carbocycles. The highest BCUT2D eigenvalue weighted by Gasteiger charge is 2.31. The molecule has 1 atom stereocenters. The van der Waals surface area contributed by atoms with Gasteiger partial charge in [0.25, 0.3) is 5.91 Å². The number of hydrogen-bond donors (Lipinski definition) is 1. The van der Waals surface area contributed by atoms with Crippen molar-refractivity contribution < 1.29 is 9.53 Å². The van der Waals surface area contributed by atoms with Crippen LogP contribution in [0.4, 0.5) is 0 Å². The molecule has 0 spiro atoms. The molecule has 0 radical (unpaired) electrons. The fourth-order valence-corrected chi connectivity index (χ4v) is 3.45. The quantitative estimate of drug-likeness (QED) is 0.889. The molecule has 1 aliphatic rings. The molecule has 1 saturated heterocycles. The summed E-state index contributed by atoms with van der Waals surface area (Å²) >= 11 is 0. The fraction of sp³-hybridized carbons (Fsp3) is 0.579. The molecule has 26 heavy (non-hydrogen) atoms. The maximum Gasteiger partial charge on any atom is 0.272 e. The van der Waals surface area contributed by atoms with Crippen LogP contribution < -0.4 is 5.32 Å². The lowest BCUT2D eigenvalue weighted by Gasteiger charge is -2.31. The van der Waals surface area contributed by atoms with E-state index < -0.39 is 0 Å². The molecule has 7 heteroatoms. The lowest BCUT2D eigenvalue weighted by Crippen LogP contribution is -2.38. The Labute approximate surface area is 154 Å². The molecule has 7 nitrogen and oxygen atoms in total. The van der Waals surface area contributed by atoms with Gasteiger partial charge in [0, 0.05) is 32.2 Å². The minimum absolute atomic E-state index is 0.163. The number of nitrogens with zero attached hydrogens (tertiary/aromatic N) is 4. The van der Waals surface area contributed by atoms with E-state index in [1.165, 1.54) is 0 Å². The van der Waals surface area contributed by atoms with Crippen LogP contribution in [-0.4, -0.2) is 38.6 Å². The second kappa shape index (κ2) is 7.95. The molecule has 1 aliphatic heterocycles. The first-order valence-corrected chi connectivity index (χ1v) is 9.22. The Morgan fingerprint density at radius 2 is 1.92 bits per heavy atom. The Kier molecular flexibility index (Phi) is 5.66. The first-order chi connectivity index (χ1) is 12.5. The molecule has 1 fully saturated rings. The van der Waals surface area contributed by atoms with Gasteiger partial charge in [-0.2, -0.15) is 0 Å². The highest BCUT2D eigenvalue weighted by Crippen LogP contribution is 2.29. The third-order valence-electron chi connectivity index (χ3n) is 5.09. The molecule has 0 bridgehead atoms. The zero-order valence-electron chi connectivity index (χ0n) is 16.0. The Balaban J connectivity index is 1.90. The smallest absolute Gasteiger partial charge is 0.272 e. The number of aryl methyl sites for hydroxylation is 4. The van der Waals surface area contributed by atoms with E-state index in [0.29, 0.717) is 30.5 Å². The van der Waals surface area contributed by atoms with Crippen molar-refractivity contribution in [3.8, 4) is 0 Å². The number of imidazole rings is 1. The molecule has 2 aromatic rings. The zero-order chi connectivity index (χ0) is 18.7. The van der Waals surface area contributed by atoms with Gasteiger partial charge < -0.3 is 14.6 Å². The lowest BCUT2D eigenvalue weighted by atomic mass is 9.91. The predicted molar refractivity (Wildman–Crippen MR) is 97.9 cm³/mol. The molecule has 3 rings (SSSR count). The van der Waals surface area contributed by atoms with Crippen molar-refractivity contribution in [2.75, 3.05) is 13.2 Å². The standard InChI is InChI=1S/C19H27N5O2/c1-5-24-9-8-20-18(24)17(15-6-10-26-11-7-15)23-19(25)16-14(4)21-12(2)13(3)22-16/h8-9,15,17H,5-7,10-11H2,1-4H3,(H,23,25)/t17-/m1/s1. The molecule has 140 valence electrons. The van der Waals surface area contributed by atoms with Crippen molar-refractivity contribution in [3.05, 3.63) is 41.0 Å². The Morgan fingerprint density at radius 3 is 2.62 bits per heavy atom. The minimum Gasteiger partial charge on any atom is -0.381 e. The fourth-order valence-electron chi connectivity index (χ4n) is 3.45. The Hall–Kier alpha value is -2.28. The van der Waals surface area contributed by atoms with Crippen molar-refractivity contribution >= 4 is 5.91 Å². The van der Waals surface area contributed by atoms with E-state index in [9.17, 15) is 4.79 Å². The number of ether oxygens (including phenoxy) is 1. The molecule has 1 amide bonds. The minimum atomic E-state index is -0.194. The van der Waals surface area contributed by atoms with Crippen LogP contribution in [0.1, 0.15) is 59.2 Å². The van der Waals surface area contributed by atoms with Crippen LogP contribution in [0.2, 0.25) is 0 Å². The van der Waals surface area contributed by atoms with E-state index in [4.69, 9.17) is 4.74 Å². The van der Waals surface area contributed by atoms with Crippen LogP contribution >= 0.6 is 0 Å². The summed E-state index contributed by atoms with van der Waals surface area (Å²) in [6.07, 6.45) is 5.55.